The summed E-state index contributed by atoms with van der Waals surface area (Å²) in [6.07, 6.45) is -2.19. The van der Waals surface area contributed by atoms with Crippen molar-refractivity contribution in [3.63, 3.8) is 0 Å². The van der Waals surface area contributed by atoms with E-state index in [2.05, 4.69) is 21.2 Å². The lowest BCUT2D eigenvalue weighted by molar-refractivity contribution is -0.140. The monoisotopic (exact) mass is 367 g/mol. The fourth-order valence-electron chi connectivity index (χ4n) is 2.58. The van der Waals surface area contributed by atoms with Crippen LogP contribution in [-0.2, 0) is 6.18 Å². The second-order valence-electron chi connectivity index (χ2n) is 5.09. The molecule has 2 nitrogen and oxygen atoms in total. The normalized spacial score (nSPS) is 22.3. The first-order valence-electron chi connectivity index (χ1n) is 6.57. The Balaban J connectivity index is 2.20. The Labute approximate surface area is 128 Å². The van der Waals surface area contributed by atoms with Gasteiger partial charge in [0, 0.05) is 11.4 Å². The van der Waals surface area contributed by atoms with E-state index in [0.717, 1.165) is 31.4 Å². The molecule has 0 saturated heterocycles. The number of rotatable bonds is 3. The summed E-state index contributed by atoms with van der Waals surface area (Å²) >= 11 is 3.34. The van der Waals surface area contributed by atoms with Crippen LogP contribution in [0.2, 0.25) is 0 Å². The summed E-state index contributed by atoms with van der Waals surface area (Å²) in [5.41, 5.74) is -1.98. The van der Waals surface area contributed by atoms with Gasteiger partial charge in [0.05, 0.1) is 11.1 Å². The van der Waals surface area contributed by atoms with Gasteiger partial charge >= 0.3 is 6.18 Å². The highest BCUT2D eigenvalue weighted by Crippen LogP contribution is 2.33. The Morgan fingerprint density at radius 2 is 2.05 bits per heavy atom. The van der Waals surface area contributed by atoms with Gasteiger partial charge in [-0.3, -0.25) is 4.79 Å². The van der Waals surface area contributed by atoms with E-state index in [9.17, 15) is 22.4 Å². The molecule has 2 unspecified atom stereocenters. The molecule has 1 fully saturated rings. The third kappa shape index (κ3) is 3.56. The van der Waals surface area contributed by atoms with Gasteiger partial charge < -0.3 is 5.32 Å². The zero-order valence-corrected chi connectivity index (χ0v) is 12.6. The van der Waals surface area contributed by atoms with Crippen molar-refractivity contribution < 1.29 is 22.4 Å². The molecule has 1 aromatic carbocycles. The van der Waals surface area contributed by atoms with Crippen molar-refractivity contribution in [2.45, 2.75) is 31.5 Å². The topological polar surface area (TPSA) is 29.1 Å². The molecule has 1 aromatic rings. The third-order valence-electron chi connectivity index (χ3n) is 3.72. The second-order valence-corrected chi connectivity index (χ2v) is 5.74. The van der Waals surface area contributed by atoms with Crippen LogP contribution in [0.5, 0.6) is 0 Å². The molecule has 0 heterocycles. The largest absolute Gasteiger partial charge is 0.419 e. The number of halogens is 5. The molecule has 0 bridgehead atoms. The standard InChI is InChI=1S/C14H14BrF4NO/c15-7-8-3-1-6-11(8)20-13(21)9-4-2-5-10(12(9)16)14(17,18)19/h2,4-5,8,11H,1,3,6-7H2,(H,20,21). The summed E-state index contributed by atoms with van der Waals surface area (Å²) in [4.78, 5) is 12.0. The molecular formula is C14H14BrF4NO. The fourth-order valence-corrected chi connectivity index (χ4v) is 3.36. The minimum Gasteiger partial charge on any atom is -0.349 e. The van der Waals surface area contributed by atoms with Gasteiger partial charge in [-0.15, -0.1) is 0 Å². The van der Waals surface area contributed by atoms with E-state index in [4.69, 9.17) is 0 Å². The van der Waals surface area contributed by atoms with E-state index >= 15 is 0 Å². The van der Waals surface area contributed by atoms with Crippen LogP contribution in [0.15, 0.2) is 18.2 Å². The van der Waals surface area contributed by atoms with Gasteiger partial charge in [0.15, 0.2) is 0 Å². The van der Waals surface area contributed by atoms with Crippen molar-refractivity contribution in [3.8, 4) is 0 Å². The number of amides is 1. The zero-order chi connectivity index (χ0) is 15.6. The zero-order valence-electron chi connectivity index (χ0n) is 11.0. The van der Waals surface area contributed by atoms with Crippen molar-refractivity contribution in [3.05, 3.63) is 35.1 Å². The predicted molar refractivity (Wildman–Crippen MR) is 73.8 cm³/mol. The molecule has 0 radical (unpaired) electrons. The second kappa shape index (κ2) is 6.34. The summed E-state index contributed by atoms with van der Waals surface area (Å²) in [7, 11) is 0. The minimum atomic E-state index is -4.81. The number of carbonyl (C=O) groups excluding carboxylic acids is 1. The maximum Gasteiger partial charge on any atom is 0.419 e. The van der Waals surface area contributed by atoms with Crippen molar-refractivity contribution in [2.75, 3.05) is 5.33 Å². The summed E-state index contributed by atoms with van der Waals surface area (Å²) in [5, 5.41) is 3.34. The molecule has 1 aliphatic carbocycles. The Kier molecular flexibility index (Phi) is 4.91. The van der Waals surface area contributed by atoms with Crippen molar-refractivity contribution in [1.82, 2.24) is 5.32 Å². The number of carbonyl (C=O) groups is 1. The van der Waals surface area contributed by atoms with Gasteiger partial charge in [-0.2, -0.15) is 13.2 Å². The van der Waals surface area contributed by atoms with E-state index in [0.29, 0.717) is 11.4 Å². The van der Waals surface area contributed by atoms with Crippen LogP contribution < -0.4 is 5.32 Å². The Morgan fingerprint density at radius 1 is 1.33 bits per heavy atom. The lowest BCUT2D eigenvalue weighted by atomic mass is 10.0. The van der Waals surface area contributed by atoms with Crippen LogP contribution in [0.25, 0.3) is 0 Å². The average molecular weight is 368 g/mol. The van der Waals surface area contributed by atoms with E-state index in [1.165, 1.54) is 0 Å². The van der Waals surface area contributed by atoms with Crippen molar-refractivity contribution >= 4 is 21.8 Å². The summed E-state index contributed by atoms with van der Waals surface area (Å²) in [6.45, 7) is 0. The quantitative estimate of drug-likeness (QED) is 0.631. The highest BCUT2D eigenvalue weighted by atomic mass is 79.9. The number of alkyl halides is 4. The maximum absolute atomic E-state index is 13.9. The Morgan fingerprint density at radius 3 is 2.67 bits per heavy atom. The molecule has 1 saturated carbocycles. The van der Waals surface area contributed by atoms with Crippen LogP contribution in [0.3, 0.4) is 0 Å². The van der Waals surface area contributed by atoms with E-state index in [-0.39, 0.29) is 12.0 Å². The van der Waals surface area contributed by atoms with Crippen LogP contribution in [0.4, 0.5) is 17.6 Å². The lowest BCUT2D eigenvalue weighted by Gasteiger charge is -2.19. The minimum absolute atomic E-state index is 0.134. The molecule has 116 valence electrons. The highest BCUT2D eigenvalue weighted by Gasteiger charge is 2.36. The number of nitrogens with one attached hydrogen (secondary N) is 1. The lowest BCUT2D eigenvalue weighted by Crippen LogP contribution is -2.38. The summed E-state index contributed by atoms with van der Waals surface area (Å²) in [6, 6.07) is 2.60. The fraction of sp³-hybridized carbons (Fsp3) is 0.500. The smallest absolute Gasteiger partial charge is 0.349 e. The summed E-state index contributed by atoms with van der Waals surface area (Å²) in [5.74, 6) is -2.09. The molecule has 21 heavy (non-hydrogen) atoms. The van der Waals surface area contributed by atoms with Gasteiger partial charge in [-0.25, -0.2) is 4.39 Å². The third-order valence-corrected chi connectivity index (χ3v) is 4.55. The van der Waals surface area contributed by atoms with E-state index in [1.54, 1.807) is 0 Å². The van der Waals surface area contributed by atoms with E-state index < -0.39 is 29.0 Å². The van der Waals surface area contributed by atoms with Gasteiger partial charge in [0.2, 0.25) is 0 Å². The molecular weight excluding hydrogens is 354 g/mol. The SMILES string of the molecule is O=C(NC1CCCC1CBr)c1cccc(C(F)(F)F)c1F. The molecule has 2 atom stereocenters. The van der Waals surface area contributed by atoms with Crippen LogP contribution in [0.1, 0.15) is 35.2 Å². The highest BCUT2D eigenvalue weighted by molar-refractivity contribution is 9.09. The molecule has 2 rings (SSSR count). The van der Waals surface area contributed by atoms with Gasteiger partial charge in [-0.05, 0) is 30.9 Å². The van der Waals surface area contributed by atoms with Gasteiger partial charge in [0.1, 0.15) is 5.82 Å². The van der Waals surface area contributed by atoms with Crippen LogP contribution >= 0.6 is 15.9 Å². The van der Waals surface area contributed by atoms with E-state index in [1.807, 2.05) is 0 Å². The van der Waals surface area contributed by atoms with Crippen molar-refractivity contribution in [1.29, 1.82) is 0 Å². The molecule has 7 heteroatoms. The Bertz CT molecular complexity index is 532. The van der Waals surface area contributed by atoms with Crippen LogP contribution in [-0.4, -0.2) is 17.3 Å². The number of hydrogen-bond donors (Lipinski definition) is 1. The van der Waals surface area contributed by atoms with Gasteiger partial charge in [0.25, 0.3) is 5.91 Å². The molecule has 1 aliphatic rings. The number of hydrogen-bond acceptors (Lipinski definition) is 1. The molecule has 0 aliphatic heterocycles. The first-order chi connectivity index (χ1) is 9.84. The molecule has 1 amide bonds. The number of benzene rings is 1. The molecule has 1 N–H and O–H groups in total. The maximum atomic E-state index is 13.9. The Hall–Kier alpha value is -1.11. The first kappa shape index (κ1) is 16.3. The predicted octanol–water partition coefficient (Wildman–Crippen LogP) is 4.14. The average Bonchev–Trinajstić information content (AvgIpc) is 2.84. The van der Waals surface area contributed by atoms with Crippen LogP contribution in [0, 0.1) is 11.7 Å². The van der Waals surface area contributed by atoms with Crippen molar-refractivity contribution in [2.24, 2.45) is 5.92 Å². The van der Waals surface area contributed by atoms with Gasteiger partial charge in [-0.1, -0.05) is 28.4 Å². The first-order valence-corrected chi connectivity index (χ1v) is 7.69. The molecule has 0 aromatic heterocycles. The summed E-state index contributed by atoms with van der Waals surface area (Å²) < 4.78 is 51.8. The molecule has 0 spiro atoms.